The number of ketones is 1. The fraction of sp³-hybridized carbons (Fsp3) is 0.727. The predicted octanol–water partition coefficient (Wildman–Crippen LogP) is 2.18. The summed E-state index contributed by atoms with van der Waals surface area (Å²) in [7, 11) is 0. The van der Waals surface area contributed by atoms with E-state index in [0.717, 1.165) is 24.7 Å². The Hall–Kier alpha value is -0.590. The molecule has 0 spiro atoms. The minimum absolute atomic E-state index is 0.439. The van der Waals surface area contributed by atoms with Gasteiger partial charge in [-0.3, -0.25) is 4.79 Å². The summed E-state index contributed by atoms with van der Waals surface area (Å²) in [6, 6.07) is 0. The average molecular weight is 162 g/mol. The standard InChI is InChI=1S/C11H14O/c12-10-3-1-2-9-7-4-5-8(6-7)11(9)10/h4-5,7-9,11H,1-3,6H2/t7?,8?,9-,11+/m0/s1. The molecule has 2 saturated carbocycles. The van der Waals surface area contributed by atoms with Crippen LogP contribution in [0.2, 0.25) is 0 Å². The number of Topliss-reactive ketones (excluding diaryl/α,β-unsaturated/α-hetero) is 1. The van der Waals surface area contributed by atoms with Crippen LogP contribution in [0.4, 0.5) is 0 Å². The second-order valence-electron chi connectivity index (χ2n) is 4.50. The number of rotatable bonds is 0. The first-order valence-corrected chi connectivity index (χ1v) is 5.07. The summed E-state index contributed by atoms with van der Waals surface area (Å²) in [5.74, 6) is 3.13. The number of hydrogen-bond acceptors (Lipinski definition) is 1. The van der Waals surface area contributed by atoms with Gasteiger partial charge < -0.3 is 0 Å². The SMILES string of the molecule is O=C1CCC[C@H]2C3C=CC(C3)[C@@H]12. The molecule has 3 aliphatic rings. The van der Waals surface area contributed by atoms with Gasteiger partial charge in [-0.05, 0) is 37.0 Å². The van der Waals surface area contributed by atoms with Gasteiger partial charge in [-0.15, -0.1) is 0 Å². The molecular weight excluding hydrogens is 148 g/mol. The third kappa shape index (κ3) is 0.720. The summed E-state index contributed by atoms with van der Waals surface area (Å²) in [5.41, 5.74) is 0. The van der Waals surface area contributed by atoms with E-state index in [1.165, 1.54) is 12.8 Å². The highest BCUT2D eigenvalue weighted by Crippen LogP contribution is 2.52. The van der Waals surface area contributed by atoms with Gasteiger partial charge in [0.25, 0.3) is 0 Å². The van der Waals surface area contributed by atoms with Crippen molar-refractivity contribution in [2.24, 2.45) is 23.7 Å². The van der Waals surface area contributed by atoms with E-state index >= 15 is 0 Å². The minimum Gasteiger partial charge on any atom is -0.299 e. The van der Waals surface area contributed by atoms with Gasteiger partial charge in [0.15, 0.2) is 0 Å². The van der Waals surface area contributed by atoms with Crippen LogP contribution in [0.1, 0.15) is 25.7 Å². The van der Waals surface area contributed by atoms with E-state index in [2.05, 4.69) is 12.2 Å². The predicted molar refractivity (Wildman–Crippen MR) is 46.6 cm³/mol. The summed E-state index contributed by atoms with van der Waals surface area (Å²) in [4.78, 5) is 11.6. The molecule has 0 aromatic carbocycles. The van der Waals surface area contributed by atoms with Gasteiger partial charge in [0.05, 0.1) is 0 Å². The van der Waals surface area contributed by atoms with Crippen LogP contribution in [-0.2, 0) is 4.79 Å². The lowest BCUT2D eigenvalue weighted by Crippen LogP contribution is -2.31. The second-order valence-corrected chi connectivity index (χ2v) is 4.50. The van der Waals surface area contributed by atoms with Crippen molar-refractivity contribution in [3.8, 4) is 0 Å². The van der Waals surface area contributed by atoms with Crippen LogP contribution in [0.5, 0.6) is 0 Å². The topological polar surface area (TPSA) is 17.1 Å². The molecule has 1 heteroatoms. The summed E-state index contributed by atoms with van der Waals surface area (Å²) >= 11 is 0. The molecule has 0 N–H and O–H groups in total. The van der Waals surface area contributed by atoms with E-state index in [0.29, 0.717) is 17.6 Å². The molecule has 2 unspecified atom stereocenters. The van der Waals surface area contributed by atoms with Crippen molar-refractivity contribution >= 4 is 5.78 Å². The average Bonchev–Trinajstić information content (AvgIpc) is 2.64. The van der Waals surface area contributed by atoms with Crippen molar-refractivity contribution in [2.75, 3.05) is 0 Å². The van der Waals surface area contributed by atoms with Gasteiger partial charge >= 0.3 is 0 Å². The lowest BCUT2D eigenvalue weighted by molar-refractivity contribution is -0.127. The van der Waals surface area contributed by atoms with Crippen molar-refractivity contribution in [1.82, 2.24) is 0 Å². The van der Waals surface area contributed by atoms with Crippen molar-refractivity contribution in [1.29, 1.82) is 0 Å². The monoisotopic (exact) mass is 162 g/mol. The Kier molecular flexibility index (Phi) is 1.27. The zero-order valence-corrected chi connectivity index (χ0v) is 7.20. The van der Waals surface area contributed by atoms with Gasteiger partial charge in [-0.2, -0.15) is 0 Å². The smallest absolute Gasteiger partial charge is 0.136 e. The van der Waals surface area contributed by atoms with E-state index in [4.69, 9.17) is 0 Å². The third-order valence-corrected chi connectivity index (χ3v) is 3.95. The van der Waals surface area contributed by atoms with Gasteiger partial charge in [0.1, 0.15) is 5.78 Å². The van der Waals surface area contributed by atoms with Gasteiger partial charge in [-0.25, -0.2) is 0 Å². The van der Waals surface area contributed by atoms with Crippen LogP contribution in [0.3, 0.4) is 0 Å². The fourth-order valence-corrected chi connectivity index (χ4v) is 3.47. The van der Waals surface area contributed by atoms with Gasteiger partial charge in [0, 0.05) is 12.3 Å². The normalized spacial score (nSPS) is 49.8. The first-order chi connectivity index (χ1) is 5.86. The molecule has 0 heterocycles. The Morgan fingerprint density at radius 1 is 1.25 bits per heavy atom. The first-order valence-electron chi connectivity index (χ1n) is 5.07. The van der Waals surface area contributed by atoms with Crippen LogP contribution >= 0.6 is 0 Å². The highest BCUT2D eigenvalue weighted by atomic mass is 16.1. The molecule has 3 aliphatic carbocycles. The Balaban J connectivity index is 1.97. The maximum Gasteiger partial charge on any atom is 0.136 e. The molecule has 0 radical (unpaired) electrons. The molecule has 64 valence electrons. The molecule has 0 aromatic heterocycles. The molecule has 0 aliphatic heterocycles. The molecule has 1 nitrogen and oxygen atoms in total. The molecule has 2 fully saturated rings. The Morgan fingerprint density at radius 3 is 2.92 bits per heavy atom. The molecule has 2 bridgehead atoms. The van der Waals surface area contributed by atoms with Crippen LogP contribution in [0.15, 0.2) is 12.2 Å². The molecule has 0 aromatic rings. The van der Waals surface area contributed by atoms with E-state index in [9.17, 15) is 4.79 Å². The van der Waals surface area contributed by atoms with Crippen LogP contribution in [0, 0.1) is 23.7 Å². The maximum absolute atomic E-state index is 11.6. The summed E-state index contributed by atoms with van der Waals surface area (Å²) in [6.45, 7) is 0. The largest absolute Gasteiger partial charge is 0.299 e. The molecular formula is C11H14O. The number of carbonyl (C=O) groups excluding carboxylic acids is 1. The number of hydrogen-bond donors (Lipinski definition) is 0. The zero-order chi connectivity index (χ0) is 8.13. The Bertz CT molecular complexity index is 254. The second kappa shape index (κ2) is 2.21. The van der Waals surface area contributed by atoms with E-state index < -0.39 is 0 Å². The maximum atomic E-state index is 11.6. The summed E-state index contributed by atoms with van der Waals surface area (Å²) < 4.78 is 0. The van der Waals surface area contributed by atoms with Crippen molar-refractivity contribution < 1.29 is 4.79 Å². The minimum atomic E-state index is 0.439. The van der Waals surface area contributed by atoms with Gasteiger partial charge in [-0.1, -0.05) is 12.2 Å². The van der Waals surface area contributed by atoms with Crippen molar-refractivity contribution in [2.45, 2.75) is 25.7 Å². The van der Waals surface area contributed by atoms with Crippen molar-refractivity contribution in [3.63, 3.8) is 0 Å². The number of allylic oxidation sites excluding steroid dienone is 2. The van der Waals surface area contributed by atoms with Crippen LogP contribution in [0.25, 0.3) is 0 Å². The zero-order valence-electron chi connectivity index (χ0n) is 7.20. The first kappa shape index (κ1) is 6.88. The van der Waals surface area contributed by atoms with Gasteiger partial charge in [0.2, 0.25) is 0 Å². The Morgan fingerprint density at radius 2 is 2.08 bits per heavy atom. The van der Waals surface area contributed by atoms with E-state index in [1.54, 1.807) is 0 Å². The summed E-state index contributed by atoms with van der Waals surface area (Å²) in [5, 5.41) is 0. The number of carbonyl (C=O) groups is 1. The molecule has 12 heavy (non-hydrogen) atoms. The Labute approximate surface area is 72.8 Å². The van der Waals surface area contributed by atoms with Crippen LogP contribution < -0.4 is 0 Å². The van der Waals surface area contributed by atoms with Crippen molar-refractivity contribution in [3.05, 3.63) is 12.2 Å². The molecule has 4 atom stereocenters. The van der Waals surface area contributed by atoms with E-state index in [1.807, 2.05) is 0 Å². The highest BCUT2D eigenvalue weighted by molar-refractivity contribution is 5.83. The molecule has 0 saturated heterocycles. The summed E-state index contributed by atoms with van der Waals surface area (Å²) in [6.07, 6.45) is 9.23. The quantitative estimate of drug-likeness (QED) is 0.499. The van der Waals surface area contributed by atoms with Crippen LogP contribution in [-0.4, -0.2) is 5.78 Å². The highest BCUT2D eigenvalue weighted by Gasteiger charge is 2.48. The third-order valence-electron chi connectivity index (χ3n) is 3.95. The molecule has 3 rings (SSSR count). The fourth-order valence-electron chi connectivity index (χ4n) is 3.47. The lowest BCUT2D eigenvalue weighted by Gasteiger charge is -2.30. The number of fused-ring (bicyclic) bond motifs is 5. The lowest BCUT2D eigenvalue weighted by atomic mass is 9.73. The molecule has 0 amide bonds. The van der Waals surface area contributed by atoms with E-state index in [-0.39, 0.29) is 0 Å².